The second-order valence-corrected chi connectivity index (χ2v) is 17.3. The molecule has 4 heterocycles. The molecular formula is C30H39N5O4Si. The van der Waals surface area contributed by atoms with E-state index in [9.17, 15) is 4.79 Å². The summed E-state index contributed by atoms with van der Waals surface area (Å²) in [6, 6.07) is 13.0. The Morgan fingerprint density at radius 3 is 2.73 bits per heavy atom. The second kappa shape index (κ2) is 12.3. The monoisotopic (exact) mass is 561 g/mol. The lowest BCUT2D eigenvalue weighted by molar-refractivity contribution is 0.0696. The van der Waals surface area contributed by atoms with E-state index in [4.69, 9.17) is 18.9 Å². The predicted molar refractivity (Wildman–Crippen MR) is 159 cm³/mol. The Kier molecular flexibility index (Phi) is 8.56. The average Bonchev–Trinajstić information content (AvgIpc) is 3.62. The molecule has 0 spiro atoms. The van der Waals surface area contributed by atoms with Gasteiger partial charge in [0, 0.05) is 51.1 Å². The van der Waals surface area contributed by atoms with Gasteiger partial charge in [-0.05, 0) is 37.4 Å². The molecule has 1 amide bonds. The van der Waals surface area contributed by atoms with Crippen molar-refractivity contribution in [2.45, 2.75) is 70.9 Å². The Morgan fingerprint density at radius 1 is 1.15 bits per heavy atom. The summed E-state index contributed by atoms with van der Waals surface area (Å²) in [5.41, 5.74) is 3.48. The molecule has 40 heavy (non-hydrogen) atoms. The molecule has 4 aromatic rings. The van der Waals surface area contributed by atoms with E-state index in [0.717, 1.165) is 53.3 Å². The molecule has 5 rings (SSSR count). The number of aromatic nitrogens is 3. The van der Waals surface area contributed by atoms with Crippen LogP contribution in [0.25, 0.3) is 22.5 Å². The van der Waals surface area contributed by atoms with Crippen molar-refractivity contribution in [3.63, 3.8) is 0 Å². The smallest absolute Gasteiger partial charge is 0.410 e. The minimum absolute atomic E-state index is 0.0242. The number of hydrogen-bond donors (Lipinski definition) is 1. The molecule has 1 N–H and O–H groups in total. The first-order valence-corrected chi connectivity index (χ1v) is 17.7. The minimum atomic E-state index is -1.16. The molecule has 1 aliphatic rings. The number of rotatable bonds is 10. The number of piperidine rings is 1. The van der Waals surface area contributed by atoms with Crippen LogP contribution >= 0.6 is 0 Å². The van der Waals surface area contributed by atoms with E-state index < -0.39 is 8.07 Å². The van der Waals surface area contributed by atoms with E-state index in [1.165, 1.54) is 0 Å². The molecule has 0 aliphatic carbocycles. The van der Waals surface area contributed by atoms with Gasteiger partial charge in [-0.3, -0.25) is 0 Å². The summed E-state index contributed by atoms with van der Waals surface area (Å²) in [5, 5.41) is 4.68. The van der Waals surface area contributed by atoms with E-state index in [-0.39, 0.29) is 24.8 Å². The van der Waals surface area contributed by atoms with Gasteiger partial charge in [-0.25, -0.2) is 14.8 Å². The Labute approximate surface area is 236 Å². The van der Waals surface area contributed by atoms with Gasteiger partial charge in [0.25, 0.3) is 0 Å². The number of carbonyl (C=O) groups is 1. The normalized spacial score (nSPS) is 17.8. The zero-order valence-corrected chi connectivity index (χ0v) is 24.8. The third kappa shape index (κ3) is 6.74. The van der Waals surface area contributed by atoms with Crippen LogP contribution in [-0.4, -0.2) is 58.8 Å². The van der Waals surface area contributed by atoms with E-state index in [2.05, 4.69) is 42.9 Å². The molecule has 0 unspecified atom stereocenters. The summed E-state index contributed by atoms with van der Waals surface area (Å²) in [6.45, 7) is 11.1. The van der Waals surface area contributed by atoms with Crippen molar-refractivity contribution < 1.29 is 18.7 Å². The number of benzene rings is 1. The van der Waals surface area contributed by atoms with Crippen LogP contribution in [0.3, 0.4) is 0 Å². The van der Waals surface area contributed by atoms with Gasteiger partial charge in [-0.15, -0.1) is 0 Å². The van der Waals surface area contributed by atoms with Gasteiger partial charge in [0.1, 0.15) is 25.2 Å². The van der Waals surface area contributed by atoms with Crippen LogP contribution in [0.15, 0.2) is 65.7 Å². The first kappa shape index (κ1) is 27.9. The highest BCUT2D eigenvalue weighted by atomic mass is 28.3. The van der Waals surface area contributed by atoms with Crippen molar-refractivity contribution in [1.82, 2.24) is 19.4 Å². The standard InChI is InChI=1S/C30H39N5O4Si/c1-22-10-11-24(19-35(22)30(36)39-20-23-8-6-5-7-9-23)33-27-25-12-14-34(21-37-16-17-40(2,3)4)28(25)32-18-26(27)29-31-13-15-38-29/h5-9,12-15,18,22,24H,10-11,16-17,19-21H2,1-4H3,(H,32,33)/t22-,24+/m0/s1. The van der Waals surface area contributed by atoms with Crippen molar-refractivity contribution in [2.75, 3.05) is 18.5 Å². The van der Waals surface area contributed by atoms with Crippen molar-refractivity contribution in [2.24, 2.45) is 0 Å². The van der Waals surface area contributed by atoms with Crippen LogP contribution in [0.4, 0.5) is 10.5 Å². The highest BCUT2D eigenvalue weighted by molar-refractivity contribution is 6.76. The topological polar surface area (TPSA) is 94.6 Å². The highest BCUT2D eigenvalue weighted by Crippen LogP contribution is 2.35. The van der Waals surface area contributed by atoms with Crippen molar-refractivity contribution in [3.8, 4) is 11.5 Å². The van der Waals surface area contributed by atoms with E-state index in [1.807, 2.05) is 46.0 Å². The SMILES string of the molecule is C[C@H]1CC[C@@H](Nc2c(-c3ncco3)cnc3c2ccn3COCC[Si](C)(C)C)CN1C(=O)OCc1ccccc1. The average molecular weight is 562 g/mol. The molecule has 10 heteroatoms. The molecule has 0 bridgehead atoms. The summed E-state index contributed by atoms with van der Waals surface area (Å²) in [4.78, 5) is 24.0. The maximum atomic E-state index is 13.1. The van der Waals surface area contributed by atoms with Gasteiger partial charge in [-0.2, -0.15) is 0 Å². The number of oxazole rings is 1. The fourth-order valence-electron chi connectivity index (χ4n) is 4.94. The molecule has 0 saturated carbocycles. The summed E-state index contributed by atoms with van der Waals surface area (Å²) >= 11 is 0. The quantitative estimate of drug-likeness (QED) is 0.172. The van der Waals surface area contributed by atoms with Crippen molar-refractivity contribution in [1.29, 1.82) is 0 Å². The molecule has 212 valence electrons. The molecule has 1 saturated heterocycles. The number of anilines is 1. The van der Waals surface area contributed by atoms with Gasteiger partial charge in [-0.1, -0.05) is 50.0 Å². The van der Waals surface area contributed by atoms with Gasteiger partial charge in [0.2, 0.25) is 5.89 Å². The number of nitrogens with zero attached hydrogens (tertiary/aromatic N) is 4. The largest absolute Gasteiger partial charge is 0.445 e. The van der Waals surface area contributed by atoms with E-state index >= 15 is 0 Å². The first-order valence-electron chi connectivity index (χ1n) is 14.0. The van der Waals surface area contributed by atoms with Crippen molar-refractivity contribution in [3.05, 3.63) is 66.8 Å². The van der Waals surface area contributed by atoms with Crippen molar-refractivity contribution >= 4 is 30.9 Å². The first-order chi connectivity index (χ1) is 19.3. The number of ether oxygens (including phenoxy) is 2. The Hall–Kier alpha value is -3.63. The highest BCUT2D eigenvalue weighted by Gasteiger charge is 2.31. The summed E-state index contributed by atoms with van der Waals surface area (Å²) in [7, 11) is -1.16. The molecule has 3 aromatic heterocycles. The van der Waals surface area contributed by atoms with Crippen LogP contribution in [0.1, 0.15) is 25.3 Å². The Morgan fingerprint density at radius 2 is 1.98 bits per heavy atom. The number of carbonyl (C=O) groups excluding carboxylic acids is 1. The molecule has 1 aliphatic heterocycles. The van der Waals surface area contributed by atoms with Gasteiger partial charge < -0.3 is 28.7 Å². The van der Waals surface area contributed by atoms with Crippen LogP contribution in [0, 0.1) is 0 Å². The van der Waals surface area contributed by atoms with Crippen LogP contribution in [0.2, 0.25) is 25.7 Å². The number of pyridine rings is 1. The zero-order chi connectivity index (χ0) is 28.1. The Bertz CT molecular complexity index is 1400. The number of likely N-dealkylation sites (tertiary alicyclic amines) is 1. The van der Waals surface area contributed by atoms with E-state index in [0.29, 0.717) is 19.2 Å². The maximum absolute atomic E-state index is 13.1. The predicted octanol–water partition coefficient (Wildman–Crippen LogP) is 6.61. The molecule has 9 nitrogen and oxygen atoms in total. The number of nitrogens with one attached hydrogen (secondary N) is 1. The third-order valence-corrected chi connectivity index (χ3v) is 9.05. The lowest BCUT2D eigenvalue weighted by atomic mass is 9.99. The fourth-order valence-corrected chi connectivity index (χ4v) is 5.70. The molecule has 0 radical (unpaired) electrons. The van der Waals surface area contributed by atoms with Gasteiger partial charge >= 0.3 is 6.09 Å². The second-order valence-electron chi connectivity index (χ2n) is 11.7. The van der Waals surface area contributed by atoms with Crippen LogP contribution in [-0.2, 0) is 22.8 Å². The number of amides is 1. The van der Waals surface area contributed by atoms with Crippen LogP contribution in [0.5, 0.6) is 0 Å². The number of hydrogen-bond acceptors (Lipinski definition) is 7. The molecule has 2 atom stereocenters. The summed E-state index contributed by atoms with van der Waals surface area (Å²) in [6.07, 6.45) is 8.49. The maximum Gasteiger partial charge on any atom is 0.410 e. The third-order valence-electron chi connectivity index (χ3n) is 7.35. The molecule has 1 aromatic carbocycles. The minimum Gasteiger partial charge on any atom is -0.445 e. The summed E-state index contributed by atoms with van der Waals surface area (Å²) in [5.74, 6) is 0.499. The summed E-state index contributed by atoms with van der Waals surface area (Å²) < 4.78 is 19.4. The van der Waals surface area contributed by atoms with Gasteiger partial charge in [0.15, 0.2) is 0 Å². The Balaban J connectivity index is 1.33. The fraction of sp³-hybridized carbons (Fsp3) is 0.433. The lowest BCUT2D eigenvalue weighted by Gasteiger charge is -2.38. The number of fused-ring (bicyclic) bond motifs is 1. The van der Waals surface area contributed by atoms with Crippen LogP contribution < -0.4 is 5.32 Å². The zero-order valence-electron chi connectivity index (χ0n) is 23.8. The van der Waals surface area contributed by atoms with E-state index in [1.54, 1.807) is 18.7 Å². The molecule has 1 fully saturated rings. The van der Waals surface area contributed by atoms with Gasteiger partial charge in [0.05, 0.1) is 17.4 Å². The molecular weight excluding hydrogens is 522 g/mol. The lowest BCUT2D eigenvalue weighted by Crippen LogP contribution is -2.49.